The molecule has 0 radical (unpaired) electrons. The van der Waals surface area contributed by atoms with E-state index < -0.39 is 6.10 Å². The zero-order valence-electron chi connectivity index (χ0n) is 10.1. The Morgan fingerprint density at radius 3 is 2.59 bits per heavy atom. The van der Waals surface area contributed by atoms with Crippen molar-refractivity contribution in [2.24, 2.45) is 5.92 Å². The first-order chi connectivity index (χ1) is 8.09. The third kappa shape index (κ3) is 2.39. The van der Waals surface area contributed by atoms with Crippen molar-refractivity contribution in [1.82, 2.24) is 10.1 Å². The Labute approximate surface area is 99.5 Å². The van der Waals surface area contributed by atoms with Crippen LogP contribution in [0.2, 0.25) is 0 Å². The van der Waals surface area contributed by atoms with E-state index in [0.717, 1.165) is 0 Å². The van der Waals surface area contributed by atoms with Gasteiger partial charge >= 0.3 is 0 Å². The third-order valence-corrected chi connectivity index (χ3v) is 2.71. The number of furan rings is 1. The molecule has 2 aromatic heterocycles. The van der Waals surface area contributed by atoms with Gasteiger partial charge in [-0.2, -0.15) is 4.98 Å². The fourth-order valence-electron chi connectivity index (χ4n) is 1.92. The zero-order chi connectivity index (χ0) is 12.4. The lowest BCUT2D eigenvalue weighted by Crippen LogP contribution is -2.20. The van der Waals surface area contributed by atoms with Gasteiger partial charge in [0.05, 0.1) is 18.3 Å². The highest BCUT2D eigenvalue weighted by molar-refractivity contribution is 5.44. The average molecular weight is 236 g/mol. The summed E-state index contributed by atoms with van der Waals surface area (Å²) in [5.41, 5.74) is 0. The van der Waals surface area contributed by atoms with Crippen molar-refractivity contribution in [3.63, 3.8) is 0 Å². The van der Waals surface area contributed by atoms with Crippen molar-refractivity contribution in [2.45, 2.75) is 32.8 Å². The van der Waals surface area contributed by atoms with E-state index in [-0.39, 0.29) is 11.8 Å². The van der Waals surface area contributed by atoms with Gasteiger partial charge in [0.15, 0.2) is 5.76 Å². The number of rotatable bonds is 4. The Morgan fingerprint density at radius 1 is 1.29 bits per heavy atom. The van der Waals surface area contributed by atoms with Crippen molar-refractivity contribution < 1.29 is 14.0 Å². The van der Waals surface area contributed by atoms with Crippen molar-refractivity contribution >= 4 is 0 Å². The van der Waals surface area contributed by atoms with Gasteiger partial charge in [0.2, 0.25) is 11.7 Å². The van der Waals surface area contributed by atoms with E-state index in [9.17, 15) is 5.11 Å². The number of aromatic nitrogens is 2. The van der Waals surface area contributed by atoms with Gasteiger partial charge < -0.3 is 14.0 Å². The molecule has 0 spiro atoms. The van der Waals surface area contributed by atoms with Gasteiger partial charge in [-0.05, 0) is 25.0 Å². The minimum Gasteiger partial charge on any atom is -0.461 e. The van der Waals surface area contributed by atoms with E-state index in [2.05, 4.69) is 10.1 Å². The summed E-state index contributed by atoms with van der Waals surface area (Å²) in [6.45, 7) is 5.74. The van der Waals surface area contributed by atoms with E-state index in [4.69, 9.17) is 8.94 Å². The highest BCUT2D eigenvalue weighted by atomic mass is 16.5. The van der Waals surface area contributed by atoms with Gasteiger partial charge in [-0.15, -0.1) is 0 Å². The molecular weight excluding hydrogens is 220 g/mol. The molecule has 0 aliphatic rings. The van der Waals surface area contributed by atoms with Gasteiger partial charge in [-0.1, -0.05) is 19.0 Å². The second-order valence-electron chi connectivity index (χ2n) is 4.44. The molecule has 2 aromatic rings. The quantitative estimate of drug-likeness (QED) is 0.882. The van der Waals surface area contributed by atoms with Crippen LogP contribution in [-0.2, 0) is 0 Å². The van der Waals surface area contributed by atoms with Crippen LogP contribution in [0, 0.1) is 5.92 Å². The molecule has 0 aliphatic heterocycles. The standard InChI is InChI=1S/C12H16N2O3/c1-7(2)10(8(3)15)12-13-11(14-17-12)9-5-4-6-16-9/h4-8,10,15H,1-3H3. The fourth-order valence-corrected chi connectivity index (χ4v) is 1.92. The normalized spacial score (nSPS) is 15.1. The molecule has 0 saturated carbocycles. The van der Waals surface area contributed by atoms with Crippen molar-refractivity contribution in [2.75, 3.05) is 0 Å². The van der Waals surface area contributed by atoms with E-state index in [1.165, 1.54) is 0 Å². The minimum atomic E-state index is -0.528. The monoisotopic (exact) mass is 236 g/mol. The molecule has 2 unspecified atom stereocenters. The average Bonchev–Trinajstić information content (AvgIpc) is 2.83. The Kier molecular flexibility index (Phi) is 3.28. The van der Waals surface area contributed by atoms with Gasteiger partial charge in [0.25, 0.3) is 0 Å². The van der Waals surface area contributed by atoms with Crippen LogP contribution in [0.1, 0.15) is 32.6 Å². The second-order valence-corrected chi connectivity index (χ2v) is 4.44. The molecular formula is C12H16N2O3. The first kappa shape index (κ1) is 11.9. The number of hydrogen-bond donors (Lipinski definition) is 1. The number of aliphatic hydroxyl groups excluding tert-OH is 1. The molecule has 2 atom stereocenters. The van der Waals surface area contributed by atoms with Crippen LogP contribution in [0.4, 0.5) is 0 Å². The topological polar surface area (TPSA) is 72.3 Å². The maximum atomic E-state index is 9.72. The van der Waals surface area contributed by atoms with E-state index in [0.29, 0.717) is 17.5 Å². The maximum Gasteiger partial charge on any atom is 0.238 e. The molecule has 1 N–H and O–H groups in total. The molecule has 0 fully saturated rings. The van der Waals surface area contributed by atoms with Crippen LogP contribution in [0.25, 0.3) is 11.6 Å². The summed E-state index contributed by atoms with van der Waals surface area (Å²) in [6, 6.07) is 3.53. The smallest absolute Gasteiger partial charge is 0.238 e. The Hall–Kier alpha value is -1.62. The Balaban J connectivity index is 2.28. The Morgan fingerprint density at radius 2 is 2.06 bits per heavy atom. The predicted octanol–water partition coefficient (Wildman–Crippen LogP) is 2.45. The van der Waals surface area contributed by atoms with Gasteiger partial charge in [-0.3, -0.25) is 0 Å². The molecule has 5 heteroatoms. The molecule has 17 heavy (non-hydrogen) atoms. The van der Waals surface area contributed by atoms with Crippen molar-refractivity contribution in [3.05, 3.63) is 24.3 Å². The molecule has 5 nitrogen and oxygen atoms in total. The molecule has 0 aliphatic carbocycles. The van der Waals surface area contributed by atoms with E-state index >= 15 is 0 Å². The summed E-state index contributed by atoms with van der Waals surface area (Å²) in [5, 5.41) is 13.6. The predicted molar refractivity (Wildman–Crippen MR) is 61.3 cm³/mol. The maximum absolute atomic E-state index is 9.72. The highest BCUT2D eigenvalue weighted by Gasteiger charge is 2.27. The molecule has 0 amide bonds. The lowest BCUT2D eigenvalue weighted by atomic mass is 9.91. The lowest BCUT2D eigenvalue weighted by molar-refractivity contribution is 0.120. The SMILES string of the molecule is CC(C)C(c1nc(-c2ccco2)no1)C(C)O. The number of aliphatic hydroxyl groups is 1. The van der Waals surface area contributed by atoms with Crippen LogP contribution in [-0.4, -0.2) is 21.4 Å². The highest BCUT2D eigenvalue weighted by Crippen LogP contribution is 2.28. The number of hydrogen-bond acceptors (Lipinski definition) is 5. The third-order valence-electron chi connectivity index (χ3n) is 2.71. The molecule has 2 rings (SSSR count). The summed E-state index contributed by atoms with van der Waals surface area (Å²) >= 11 is 0. The minimum absolute atomic E-state index is 0.161. The molecule has 0 aromatic carbocycles. The van der Waals surface area contributed by atoms with Crippen molar-refractivity contribution in [1.29, 1.82) is 0 Å². The molecule has 2 heterocycles. The first-order valence-electron chi connectivity index (χ1n) is 5.65. The Bertz CT molecular complexity index is 452. The lowest BCUT2D eigenvalue weighted by Gasteiger charge is -2.19. The second kappa shape index (κ2) is 4.71. The fraction of sp³-hybridized carbons (Fsp3) is 0.500. The summed E-state index contributed by atoms with van der Waals surface area (Å²) < 4.78 is 10.4. The molecule has 92 valence electrons. The van der Waals surface area contributed by atoms with Crippen LogP contribution in [0.15, 0.2) is 27.3 Å². The molecule has 0 saturated heterocycles. The van der Waals surface area contributed by atoms with Gasteiger partial charge in [-0.25, -0.2) is 0 Å². The summed E-state index contributed by atoms with van der Waals surface area (Å²) in [7, 11) is 0. The van der Waals surface area contributed by atoms with Gasteiger partial charge in [0.1, 0.15) is 0 Å². The number of nitrogens with zero attached hydrogens (tertiary/aromatic N) is 2. The van der Waals surface area contributed by atoms with Crippen LogP contribution in [0.5, 0.6) is 0 Å². The molecule has 0 bridgehead atoms. The van der Waals surface area contributed by atoms with E-state index in [1.807, 2.05) is 13.8 Å². The zero-order valence-corrected chi connectivity index (χ0v) is 10.1. The van der Waals surface area contributed by atoms with Crippen LogP contribution >= 0.6 is 0 Å². The van der Waals surface area contributed by atoms with E-state index in [1.54, 1.807) is 25.3 Å². The summed E-state index contributed by atoms with van der Waals surface area (Å²) in [4.78, 5) is 4.26. The largest absolute Gasteiger partial charge is 0.461 e. The summed E-state index contributed by atoms with van der Waals surface area (Å²) in [6.07, 6.45) is 1.03. The van der Waals surface area contributed by atoms with Gasteiger partial charge in [0, 0.05) is 0 Å². The summed E-state index contributed by atoms with van der Waals surface area (Å²) in [5.74, 6) is 1.48. The first-order valence-corrected chi connectivity index (χ1v) is 5.65. The van der Waals surface area contributed by atoms with Crippen molar-refractivity contribution in [3.8, 4) is 11.6 Å². The van der Waals surface area contributed by atoms with Crippen LogP contribution < -0.4 is 0 Å². The van der Waals surface area contributed by atoms with Crippen LogP contribution in [0.3, 0.4) is 0 Å².